The molecule has 0 spiro atoms. The van der Waals surface area contributed by atoms with Crippen LogP contribution < -0.4 is 0 Å². The molecule has 7 nitrogen and oxygen atoms in total. The molecule has 0 radical (unpaired) electrons. The van der Waals surface area contributed by atoms with Gasteiger partial charge >= 0.3 is 5.97 Å². The molecule has 0 fully saturated rings. The van der Waals surface area contributed by atoms with Crippen LogP contribution in [0.2, 0.25) is 0 Å². The second kappa shape index (κ2) is 8.39. The molecule has 25 heavy (non-hydrogen) atoms. The molecule has 0 aliphatic carbocycles. The van der Waals surface area contributed by atoms with E-state index in [0.717, 1.165) is 0 Å². The minimum atomic E-state index is -0.738. The van der Waals surface area contributed by atoms with Crippen LogP contribution in [0.15, 0.2) is 65.2 Å². The number of esters is 1. The molecule has 0 aromatic heterocycles. The van der Waals surface area contributed by atoms with Gasteiger partial charge in [-0.3, -0.25) is 15.1 Å². The van der Waals surface area contributed by atoms with Gasteiger partial charge in [0, 0.05) is 23.9 Å². The Bertz CT molecular complexity index is 811. The zero-order chi connectivity index (χ0) is 18.2. The highest BCUT2D eigenvalue weighted by Crippen LogP contribution is 2.21. The number of ether oxygens (including phenoxy) is 1. The Labute approximate surface area is 144 Å². The number of aliphatic hydroxyl groups is 1. The summed E-state index contributed by atoms with van der Waals surface area (Å²) in [7, 11) is 0. The maximum Gasteiger partial charge on any atom is 0.343 e. The second-order valence-electron chi connectivity index (χ2n) is 4.88. The summed E-state index contributed by atoms with van der Waals surface area (Å²) in [5.41, 5.74) is 0.584. The number of carbonyl (C=O) groups is 1. The van der Waals surface area contributed by atoms with E-state index in [9.17, 15) is 20.0 Å². The fraction of sp³-hybridized carbons (Fsp3) is 0.111. The Balaban J connectivity index is 2.41. The molecule has 0 aliphatic heterocycles. The first-order valence-corrected chi connectivity index (χ1v) is 7.47. The highest BCUT2D eigenvalue weighted by molar-refractivity contribution is 6.15. The van der Waals surface area contributed by atoms with Gasteiger partial charge < -0.3 is 9.84 Å². The Morgan fingerprint density at radius 2 is 1.84 bits per heavy atom. The van der Waals surface area contributed by atoms with Crippen molar-refractivity contribution in [1.29, 1.82) is 0 Å². The van der Waals surface area contributed by atoms with Gasteiger partial charge in [0.05, 0.1) is 17.2 Å². The summed E-state index contributed by atoms with van der Waals surface area (Å²) in [6, 6.07) is 14.1. The lowest BCUT2D eigenvalue weighted by atomic mass is 10.1. The molecule has 0 heterocycles. The third-order valence-corrected chi connectivity index (χ3v) is 3.20. The third kappa shape index (κ3) is 4.74. The molecule has 0 atom stereocenters. The predicted octanol–water partition coefficient (Wildman–Crippen LogP) is 3.83. The van der Waals surface area contributed by atoms with E-state index >= 15 is 0 Å². The van der Waals surface area contributed by atoms with Crippen molar-refractivity contribution in [1.82, 2.24) is 0 Å². The van der Waals surface area contributed by atoms with Gasteiger partial charge in [-0.05, 0) is 31.2 Å². The van der Waals surface area contributed by atoms with Gasteiger partial charge in [0.15, 0.2) is 0 Å². The van der Waals surface area contributed by atoms with E-state index in [1.54, 1.807) is 31.2 Å². The standard InChI is InChI=1S/C18H16N2O5/c1-2-25-18(22)16(12-19-14-6-4-3-5-7-14)17(21)13-8-10-15(11-9-13)20(23)24/h3-12,21H,2H2,1H3/b17-16+,19-12?. The number of nitro benzene ring substituents is 1. The monoisotopic (exact) mass is 340 g/mol. The zero-order valence-electron chi connectivity index (χ0n) is 13.5. The summed E-state index contributed by atoms with van der Waals surface area (Å²) >= 11 is 0. The molecule has 0 aliphatic rings. The largest absolute Gasteiger partial charge is 0.506 e. The Morgan fingerprint density at radius 3 is 2.40 bits per heavy atom. The average molecular weight is 340 g/mol. The van der Waals surface area contributed by atoms with Crippen LogP contribution in [0.3, 0.4) is 0 Å². The van der Waals surface area contributed by atoms with E-state index < -0.39 is 10.9 Å². The number of benzene rings is 2. The third-order valence-electron chi connectivity index (χ3n) is 3.20. The van der Waals surface area contributed by atoms with Crippen LogP contribution in [0.5, 0.6) is 0 Å². The highest BCUT2D eigenvalue weighted by atomic mass is 16.6. The number of non-ortho nitro benzene ring substituents is 1. The van der Waals surface area contributed by atoms with Crippen molar-refractivity contribution in [2.24, 2.45) is 4.99 Å². The number of hydrogen-bond acceptors (Lipinski definition) is 6. The molecule has 0 saturated carbocycles. The van der Waals surface area contributed by atoms with Gasteiger partial charge in [-0.1, -0.05) is 18.2 Å². The number of para-hydroxylation sites is 1. The quantitative estimate of drug-likeness (QED) is 0.215. The maximum atomic E-state index is 12.1. The fourth-order valence-corrected chi connectivity index (χ4v) is 1.97. The minimum Gasteiger partial charge on any atom is -0.506 e. The lowest BCUT2D eigenvalue weighted by Crippen LogP contribution is -2.11. The van der Waals surface area contributed by atoms with Crippen LogP contribution in [0, 0.1) is 10.1 Å². The summed E-state index contributed by atoms with van der Waals surface area (Å²) < 4.78 is 4.94. The molecule has 0 bridgehead atoms. The number of nitrogens with zero attached hydrogens (tertiary/aromatic N) is 2. The Hall–Kier alpha value is -3.48. The Kier molecular flexibility index (Phi) is 6.00. The number of aliphatic imine (C=N–C) groups is 1. The first kappa shape index (κ1) is 17.9. The van der Waals surface area contributed by atoms with E-state index in [0.29, 0.717) is 5.69 Å². The molecular formula is C18H16N2O5. The van der Waals surface area contributed by atoms with Gasteiger partial charge in [-0.15, -0.1) is 0 Å². The lowest BCUT2D eigenvalue weighted by molar-refractivity contribution is -0.384. The molecule has 1 N–H and O–H groups in total. The molecular weight excluding hydrogens is 324 g/mol. The predicted molar refractivity (Wildman–Crippen MR) is 93.9 cm³/mol. The van der Waals surface area contributed by atoms with Crippen LogP contribution >= 0.6 is 0 Å². The minimum absolute atomic E-state index is 0.118. The van der Waals surface area contributed by atoms with Crippen molar-refractivity contribution in [2.45, 2.75) is 6.92 Å². The highest BCUT2D eigenvalue weighted by Gasteiger charge is 2.17. The van der Waals surface area contributed by atoms with Crippen LogP contribution in [0.4, 0.5) is 11.4 Å². The number of rotatable bonds is 6. The number of nitro groups is 1. The van der Waals surface area contributed by atoms with Crippen molar-refractivity contribution in [3.8, 4) is 0 Å². The number of aliphatic hydroxyl groups excluding tert-OH is 1. The summed E-state index contributed by atoms with van der Waals surface area (Å²) in [4.78, 5) is 26.4. The molecule has 2 aromatic carbocycles. The number of carbonyl (C=O) groups excluding carboxylic acids is 1. The van der Waals surface area contributed by atoms with E-state index in [2.05, 4.69) is 4.99 Å². The van der Waals surface area contributed by atoms with Gasteiger partial charge in [-0.2, -0.15) is 0 Å². The van der Waals surface area contributed by atoms with E-state index in [-0.39, 0.29) is 29.2 Å². The maximum absolute atomic E-state index is 12.1. The van der Waals surface area contributed by atoms with Gasteiger partial charge in [-0.25, -0.2) is 4.79 Å². The topological polar surface area (TPSA) is 102 Å². The van der Waals surface area contributed by atoms with Crippen molar-refractivity contribution in [3.05, 3.63) is 75.8 Å². The zero-order valence-corrected chi connectivity index (χ0v) is 13.5. The van der Waals surface area contributed by atoms with Crippen LogP contribution in [-0.2, 0) is 9.53 Å². The van der Waals surface area contributed by atoms with Crippen LogP contribution in [0.1, 0.15) is 12.5 Å². The molecule has 128 valence electrons. The molecule has 0 saturated heterocycles. The normalized spacial score (nSPS) is 11.9. The summed E-state index contributed by atoms with van der Waals surface area (Å²) in [6.07, 6.45) is 1.21. The molecule has 2 rings (SSSR count). The molecule has 0 amide bonds. The second-order valence-corrected chi connectivity index (χ2v) is 4.88. The van der Waals surface area contributed by atoms with Crippen LogP contribution in [-0.4, -0.2) is 28.8 Å². The molecule has 7 heteroatoms. The van der Waals surface area contributed by atoms with Crippen molar-refractivity contribution in [3.63, 3.8) is 0 Å². The lowest BCUT2D eigenvalue weighted by Gasteiger charge is -2.07. The average Bonchev–Trinajstić information content (AvgIpc) is 2.63. The number of hydrogen-bond donors (Lipinski definition) is 1. The van der Waals surface area contributed by atoms with Gasteiger partial charge in [0.1, 0.15) is 11.3 Å². The van der Waals surface area contributed by atoms with Crippen molar-refractivity contribution < 1.29 is 19.6 Å². The van der Waals surface area contributed by atoms with E-state index in [4.69, 9.17) is 4.74 Å². The molecule has 2 aromatic rings. The smallest absolute Gasteiger partial charge is 0.343 e. The first-order valence-electron chi connectivity index (χ1n) is 7.47. The molecule has 0 unspecified atom stereocenters. The summed E-state index contributed by atoms with van der Waals surface area (Å²) in [6.45, 7) is 1.78. The SMILES string of the molecule is CCOC(=O)/C(C=Nc1ccccc1)=C(/O)c1ccc([N+](=O)[O-])cc1. The van der Waals surface area contributed by atoms with Gasteiger partial charge in [0.2, 0.25) is 0 Å². The fourth-order valence-electron chi connectivity index (χ4n) is 1.97. The summed E-state index contributed by atoms with van der Waals surface area (Å²) in [5.74, 6) is -1.11. The first-order chi connectivity index (χ1) is 12.0. The van der Waals surface area contributed by atoms with Gasteiger partial charge in [0.25, 0.3) is 5.69 Å². The van der Waals surface area contributed by atoms with E-state index in [1.165, 1.54) is 30.5 Å². The van der Waals surface area contributed by atoms with Crippen LogP contribution in [0.25, 0.3) is 5.76 Å². The van der Waals surface area contributed by atoms with Crippen molar-refractivity contribution >= 4 is 29.3 Å². The Morgan fingerprint density at radius 1 is 1.20 bits per heavy atom. The summed E-state index contributed by atoms with van der Waals surface area (Å²) in [5, 5.41) is 21.1. The van der Waals surface area contributed by atoms with E-state index in [1.807, 2.05) is 6.07 Å². The van der Waals surface area contributed by atoms with Crippen molar-refractivity contribution in [2.75, 3.05) is 6.61 Å².